The zero-order valence-electron chi connectivity index (χ0n) is 9.01. The molecule has 0 saturated carbocycles. The third-order valence-electron chi connectivity index (χ3n) is 2.46. The fourth-order valence-electron chi connectivity index (χ4n) is 1.72. The third kappa shape index (κ3) is 1.60. The number of aromatic nitrogens is 3. The number of nitrogen functional groups attached to an aromatic ring is 1. The van der Waals surface area contributed by atoms with Crippen LogP contribution in [-0.4, -0.2) is 27.7 Å². The van der Waals surface area contributed by atoms with E-state index < -0.39 is 0 Å². The Kier molecular flexibility index (Phi) is 2.45. The molecule has 0 fully saturated rings. The maximum Gasteiger partial charge on any atom is 0.240 e. The van der Waals surface area contributed by atoms with Crippen LogP contribution in [0, 0.1) is 0 Å². The lowest BCUT2D eigenvalue weighted by atomic mass is 10.3. The molecule has 2 heterocycles. The van der Waals surface area contributed by atoms with E-state index in [9.17, 15) is 0 Å². The lowest BCUT2D eigenvalue weighted by Crippen LogP contribution is -2.22. The van der Waals surface area contributed by atoms with Crippen LogP contribution < -0.4 is 10.6 Å². The Morgan fingerprint density at radius 2 is 2.13 bits per heavy atom. The van der Waals surface area contributed by atoms with Crippen molar-refractivity contribution < 1.29 is 0 Å². The van der Waals surface area contributed by atoms with Gasteiger partial charge >= 0.3 is 0 Å². The Hall–Kier alpha value is -1.78. The molecule has 15 heavy (non-hydrogen) atoms. The Morgan fingerprint density at radius 3 is 2.80 bits per heavy atom. The Bertz CT molecular complexity index is 458. The van der Waals surface area contributed by atoms with Crippen molar-refractivity contribution in [2.45, 2.75) is 13.8 Å². The highest BCUT2D eigenvalue weighted by atomic mass is 15.3. The molecule has 0 radical (unpaired) electrons. The number of nitrogens with zero attached hydrogens (tertiary/aromatic N) is 4. The van der Waals surface area contributed by atoms with Crippen LogP contribution in [-0.2, 0) is 0 Å². The highest BCUT2D eigenvalue weighted by molar-refractivity contribution is 5.69. The molecule has 2 rings (SSSR count). The summed E-state index contributed by atoms with van der Waals surface area (Å²) in [6.45, 7) is 6.13. The summed E-state index contributed by atoms with van der Waals surface area (Å²) in [7, 11) is 0. The lowest BCUT2D eigenvalue weighted by molar-refractivity contribution is 0.859. The molecule has 0 aliphatic rings. The molecule has 0 atom stereocenters. The van der Waals surface area contributed by atoms with Gasteiger partial charge < -0.3 is 10.6 Å². The zero-order valence-corrected chi connectivity index (χ0v) is 9.01. The Balaban J connectivity index is 2.58. The van der Waals surface area contributed by atoms with Crippen molar-refractivity contribution in [2.75, 3.05) is 23.7 Å². The van der Waals surface area contributed by atoms with Gasteiger partial charge in [-0.25, -0.2) is 4.52 Å². The summed E-state index contributed by atoms with van der Waals surface area (Å²) in [5.41, 5.74) is 7.47. The SMILES string of the molecule is CCN(CC)c1cccn2nc(N)nc12. The van der Waals surface area contributed by atoms with Gasteiger partial charge in [-0.15, -0.1) is 5.10 Å². The van der Waals surface area contributed by atoms with Crippen molar-refractivity contribution in [2.24, 2.45) is 0 Å². The molecule has 0 bridgehead atoms. The van der Waals surface area contributed by atoms with E-state index in [-0.39, 0.29) is 0 Å². The first kappa shape index (κ1) is 9.76. The fourth-order valence-corrected chi connectivity index (χ4v) is 1.72. The average molecular weight is 205 g/mol. The smallest absolute Gasteiger partial charge is 0.240 e. The normalized spacial score (nSPS) is 10.8. The molecule has 0 amide bonds. The minimum atomic E-state index is 0.314. The molecule has 2 aromatic heterocycles. The van der Waals surface area contributed by atoms with Gasteiger partial charge in [0, 0.05) is 19.3 Å². The number of anilines is 2. The van der Waals surface area contributed by atoms with Crippen LogP contribution in [0.15, 0.2) is 18.3 Å². The first-order chi connectivity index (χ1) is 7.26. The predicted molar refractivity (Wildman–Crippen MR) is 61.0 cm³/mol. The maximum absolute atomic E-state index is 5.58. The van der Waals surface area contributed by atoms with Crippen LogP contribution in [0.2, 0.25) is 0 Å². The Morgan fingerprint density at radius 1 is 1.40 bits per heavy atom. The number of hydrogen-bond donors (Lipinski definition) is 1. The van der Waals surface area contributed by atoms with E-state index in [2.05, 4.69) is 28.8 Å². The highest BCUT2D eigenvalue weighted by Crippen LogP contribution is 2.19. The molecule has 0 spiro atoms. The van der Waals surface area contributed by atoms with Gasteiger partial charge in [0.2, 0.25) is 5.95 Å². The van der Waals surface area contributed by atoms with Crippen molar-refractivity contribution in [1.29, 1.82) is 0 Å². The summed E-state index contributed by atoms with van der Waals surface area (Å²) in [4.78, 5) is 6.44. The van der Waals surface area contributed by atoms with Gasteiger partial charge in [0.05, 0.1) is 5.69 Å². The summed E-state index contributed by atoms with van der Waals surface area (Å²) in [6.07, 6.45) is 1.85. The second-order valence-corrected chi connectivity index (χ2v) is 3.30. The van der Waals surface area contributed by atoms with Crippen LogP contribution in [0.3, 0.4) is 0 Å². The maximum atomic E-state index is 5.58. The second kappa shape index (κ2) is 3.76. The van der Waals surface area contributed by atoms with Gasteiger partial charge in [-0.1, -0.05) is 0 Å². The van der Waals surface area contributed by atoms with Crippen LogP contribution in [0.1, 0.15) is 13.8 Å². The molecule has 2 aromatic rings. The largest absolute Gasteiger partial charge is 0.369 e. The summed E-state index contributed by atoms with van der Waals surface area (Å²) in [5.74, 6) is 0.314. The van der Waals surface area contributed by atoms with Gasteiger partial charge in [0.1, 0.15) is 0 Å². The monoisotopic (exact) mass is 205 g/mol. The first-order valence-electron chi connectivity index (χ1n) is 5.12. The van der Waals surface area contributed by atoms with E-state index in [1.165, 1.54) is 0 Å². The molecular weight excluding hydrogens is 190 g/mol. The first-order valence-corrected chi connectivity index (χ1v) is 5.12. The van der Waals surface area contributed by atoms with E-state index in [4.69, 9.17) is 5.73 Å². The average Bonchev–Trinajstić information content (AvgIpc) is 2.61. The standard InChI is InChI=1S/C10H15N5/c1-3-14(4-2)8-6-5-7-15-9(8)12-10(11)13-15/h5-7H,3-4H2,1-2H3,(H2,11,13). The topological polar surface area (TPSA) is 59.5 Å². The molecule has 2 N–H and O–H groups in total. The number of pyridine rings is 1. The quantitative estimate of drug-likeness (QED) is 0.816. The molecule has 5 heteroatoms. The van der Waals surface area contributed by atoms with Crippen molar-refractivity contribution in [3.63, 3.8) is 0 Å². The molecule has 0 aliphatic carbocycles. The van der Waals surface area contributed by atoms with Crippen molar-refractivity contribution in [3.8, 4) is 0 Å². The van der Waals surface area contributed by atoms with Crippen molar-refractivity contribution >= 4 is 17.3 Å². The van der Waals surface area contributed by atoms with Gasteiger partial charge in [-0.3, -0.25) is 0 Å². The van der Waals surface area contributed by atoms with Crippen LogP contribution in [0.5, 0.6) is 0 Å². The fraction of sp³-hybridized carbons (Fsp3) is 0.400. The molecule has 5 nitrogen and oxygen atoms in total. The zero-order chi connectivity index (χ0) is 10.8. The molecule has 80 valence electrons. The van der Waals surface area contributed by atoms with Gasteiger partial charge in [-0.05, 0) is 26.0 Å². The highest BCUT2D eigenvalue weighted by Gasteiger charge is 2.09. The van der Waals surface area contributed by atoms with Crippen molar-refractivity contribution in [1.82, 2.24) is 14.6 Å². The van der Waals surface area contributed by atoms with E-state index in [1.807, 2.05) is 18.3 Å². The predicted octanol–water partition coefficient (Wildman–Crippen LogP) is 1.16. The minimum Gasteiger partial charge on any atom is -0.369 e. The van der Waals surface area contributed by atoms with Gasteiger partial charge in [0.15, 0.2) is 5.65 Å². The molecule has 0 aliphatic heterocycles. The summed E-state index contributed by atoms with van der Waals surface area (Å²) >= 11 is 0. The molecule has 0 saturated heterocycles. The van der Waals surface area contributed by atoms with Gasteiger partial charge in [0.25, 0.3) is 0 Å². The minimum absolute atomic E-state index is 0.314. The van der Waals surface area contributed by atoms with E-state index in [0.717, 1.165) is 24.4 Å². The summed E-state index contributed by atoms with van der Waals surface area (Å²) in [5, 5.41) is 4.08. The van der Waals surface area contributed by atoms with Crippen LogP contribution in [0.4, 0.5) is 11.6 Å². The molecular formula is C10H15N5. The molecule has 0 aromatic carbocycles. The summed E-state index contributed by atoms with van der Waals surface area (Å²) < 4.78 is 1.71. The number of rotatable bonds is 3. The number of fused-ring (bicyclic) bond motifs is 1. The second-order valence-electron chi connectivity index (χ2n) is 3.30. The number of nitrogens with two attached hydrogens (primary N) is 1. The Labute approximate surface area is 88.5 Å². The van der Waals surface area contributed by atoms with Crippen LogP contribution >= 0.6 is 0 Å². The lowest BCUT2D eigenvalue weighted by Gasteiger charge is -2.20. The van der Waals surface area contributed by atoms with Gasteiger partial charge in [-0.2, -0.15) is 4.98 Å². The van der Waals surface area contributed by atoms with Crippen LogP contribution in [0.25, 0.3) is 5.65 Å². The van der Waals surface area contributed by atoms with Crippen molar-refractivity contribution in [3.05, 3.63) is 18.3 Å². The number of hydrogen-bond acceptors (Lipinski definition) is 4. The van der Waals surface area contributed by atoms with E-state index in [1.54, 1.807) is 4.52 Å². The summed E-state index contributed by atoms with van der Waals surface area (Å²) in [6, 6.07) is 3.99. The van der Waals surface area contributed by atoms with E-state index in [0.29, 0.717) is 5.95 Å². The molecule has 0 unspecified atom stereocenters. The van der Waals surface area contributed by atoms with E-state index >= 15 is 0 Å². The third-order valence-corrected chi connectivity index (χ3v) is 2.46.